The molecule has 1 unspecified atom stereocenters. The minimum absolute atomic E-state index is 0.130. The highest BCUT2D eigenvalue weighted by Gasteiger charge is 2.34. The molecule has 1 saturated heterocycles. The maximum atomic E-state index is 5.98. The molecule has 0 spiro atoms. The minimum Gasteiger partial charge on any atom is -0.368 e. The van der Waals surface area contributed by atoms with Crippen molar-refractivity contribution in [3.05, 3.63) is 5.82 Å². The van der Waals surface area contributed by atoms with Gasteiger partial charge < -0.3 is 9.64 Å². The third-order valence-electron chi connectivity index (χ3n) is 2.70. The van der Waals surface area contributed by atoms with Gasteiger partial charge in [-0.05, 0) is 13.8 Å². The predicted octanol–water partition coefficient (Wildman–Crippen LogP) is 2.48. The van der Waals surface area contributed by atoms with Crippen LogP contribution in [0.1, 0.15) is 26.6 Å². The summed E-state index contributed by atoms with van der Waals surface area (Å²) < 4.78 is 10.3. The molecule has 6 heteroatoms. The van der Waals surface area contributed by atoms with E-state index in [-0.39, 0.29) is 11.7 Å². The normalized spacial score (nSPS) is 24.0. The Morgan fingerprint density at radius 3 is 2.94 bits per heavy atom. The van der Waals surface area contributed by atoms with E-state index >= 15 is 0 Å². The van der Waals surface area contributed by atoms with E-state index in [0.29, 0.717) is 0 Å². The summed E-state index contributed by atoms with van der Waals surface area (Å²) in [4.78, 5) is 6.83. The van der Waals surface area contributed by atoms with Crippen molar-refractivity contribution in [2.75, 3.05) is 23.3 Å². The first-order valence-electron chi connectivity index (χ1n) is 5.85. The molecular formula is C11H18BrN3OS. The number of nitrogens with zero attached hydrogens (tertiary/aromatic N) is 3. The lowest BCUT2D eigenvalue weighted by Gasteiger charge is -2.42. The van der Waals surface area contributed by atoms with Gasteiger partial charge in [0.25, 0.3) is 0 Å². The Balaban J connectivity index is 2.14. The van der Waals surface area contributed by atoms with Gasteiger partial charge in [0.1, 0.15) is 5.82 Å². The molecule has 4 nitrogen and oxygen atoms in total. The maximum absolute atomic E-state index is 5.98. The van der Waals surface area contributed by atoms with E-state index in [9.17, 15) is 0 Å². The van der Waals surface area contributed by atoms with Gasteiger partial charge in [0, 0.05) is 36.4 Å². The van der Waals surface area contributed by atoms with E-state index in [1.165, 1.54) is 11.5 Å². The second kappa shape index (κ2) is 5.20. The van der Waals surface area contributed by atoms with Gasteiger partial charge in [0.2, 0.25) is 5.13 Å². The fourth-order valence-electron chi connectivity index (χ4n) is 2.04. The first kappa shape index (κ1) is 13.2. The van der Waals surface area contributed by atoms with Crippen molar-refractivity contribution < 1.29 is 4.74 Å². The number of rotatable bonds is 3. The van der Waals surface area contributed by atoms with Gasteiger partial charge in [-0.1, -0.05) is 22.9 Å². The van der Waals surface area contributed by atoms with Crippen LogP contribution in [0.5, 0.6) is 0 Å². The number of halogens is 1. The average Bonchev–Trinajstić information content (AvgIpc) is 2.75. The SMILES string of the molecule is CCc1nsc(N2CC(CBr)OC(C)(C)C2)n1. The van der Waals surface area contributed by atoms with Crippen molar-refractivity contribution in [1.29, 1.82) is 0 Å². The topological polar surface area (TPSA) is 38.2 Å². The molecule has 0 aromatic carbocycles. The highest BCUT2D eigenvalue weighted by molar-refractivity contribution is 9.09. The van der Waals surface area contributed by atoms with Gasteiger partial charge in [-0.2, -0.15) is 4.37 Å². The van der Waals surface area contributed by atoms with Crippen LogP contribution in [0.25, 0.3) is 0 Å². The molecule has 0 radical (unpaired) electrons. The lowest BCUT2D eigenvalue weighted by Crippen LogP contribution is -2.53. The van der Waals surface area contributed by atoms with Gasteiger partial charge in [-0.25, -0.2) is 4.98 Å². The summed E-state index contributed by atoms with van der Waals surface area (Å²) in [5, 5.41) is 1.87. The van der Waals surface area contributed by atoms with Gasteiger partial charge >= 0.3 is 0 Å². The van der Waals surface area contributed by atoms with Crippen LogP contribution in [0.2, 0.25) is 0 Å². The quantitative estimate of drug-likeness (QED) is 0.802. The van der Waals surface area contributed by atoms with Crippen LogP contribution in [0.15, 0.2) is 0 Å². The summed E-state index contributed by atoms with van der Waals surface area (Å²) in [7, 11) is 0. The molecule has 1 aromatic heterocycles. The Morgan fingerprint density at radius 2 is 2.35 bits per heavy atom. The van der Waals surface area contributed by atoms with E-state index in [1.807, 2.05) is 0 Å². The zero-order valence-electron chi connectivity index (χ0n) is 10.4. The number of aromatic nitrogens is 2. The van der Waals surface area contributed by atoms with Crippen LogP contribution in [0.3, 0.4) is 0 Å². The highest BCUT2D eigenvalue weighted by Crippen LogP contribution is 2.27. The van der Waals surface area contributed by atoms with Crippen molar-refractivity contribution in [3.63, 3.8) is 0 Å². The van der Waals surface area contributed by atoms with Crippen molar-refractivity contribution in [2.45, 2.75) is 38.9 Å². The zero-order chi connectivity index (χ0) is 12.5. The van der Waals surface area contributed by atoms with Crippen molar-refractivity contribution in [2.24, 2.45) is 0 Å². The summed E-state index contributed by atoms with van der Waals surface area (Å²) in [5.74, 6) is 0.935. The predicted molar refractivity (Wildman–Crippen MR) is 74.2 cm³/mol. The first-order chi connectivity index (χ1) is 8.04. The number of anilines is 1. The number of hydrogen-bond donors (Lipinski definition) is 0. The maximum Gasteiger partial charge on any atom is 0.205 e. The second-order valence-electron chi connectivity index (χ2n) is 4.88. The first-order valence-corrected chi connectivity index (χ1v) is 7.75. The van der Waals surface area contributed by atoms with Crippen molar-refractivity contribution in [3.8, 4) is 0 Å². The van der Waals surface area contributed by atoms with Gasteiger partial charge in [-0.15, -0.1) is 0 Å². The van der Waals surface area contributed by atoms with Gasteiger partial charge in [0.15, 0.2) is 0 Å². The van der Waals surface area contributed by atoms with Gasteiger partial charge in [0.05, 0.1) is 11.7 Å². The van der Waals surface area contributed by atoms with E-state index in [0.717, 1.165) is 35.8 Å². The van der Waals surface area contributed by atoms with Gasteiger partial charge in [-0.3, -0.25) is 0 Å². The van der Waals surface area contributed by atoms with E-state index in [4.69, 9.17) is 4.74 Å². The molecule has 1 aromatic rings. The summed E-state index contributed by atoms with van der Waals surface area (Å²) in [6.07, 6.45) is 1.11. The van der Waals surface area contributed by atoms with Crippen LogP contribution in [-0.2, 0) is 11.2 Å². The Labute approximate surface area is 115 Å². The fourth-order valence-corrected chi connectivity index (χ4v) is 3.13. The van der Waals surface area contributed by atoms with Crippen LogP contribution < -0.4 is 4.90 Å². The van der Waals surface area contributed by atoms with Crippen molar-refractivity contribution in [1.82, 2.24) is 9.36 Å². The Morgan fingerprint density at radius 1 is 1.59 bits per heavy atom. The largest absolute Gasteiger partial charge is 0.368 e. The Hall–Kier alpha value is -0.200. The molecule has 17 heavy (non-hydrogen) atoms. The smallest absolute Gasteiger partial charge is 0.205 e. The molecule has 1 fully saturated rings. The summed E-state index contributed by atoms with van der Waals surface area (Å²) >= 11 is 4.99. The zero-order valence-corrected chi connectivity index (χ0v) is 12.8. The highest BCUT2D eigenvalue weighted by atomic mass is 79.9. The summed E-state index contributed by atoms with van der Waals surface area (Å²) in [5.41, 5.74) is -0.130. The van der Waals surface area contributed by atoms with E-state index in [1.54, 1.807) is 0 Å². The third kappa shape index (κ3) is 3.17. The lowest BCUT2D eigenvalue weighted by atomic mass is 10.1. The molecule has 0 saturated carbocycles. The number of ether oxygens (including phenoxy) is 1. The minimum atomic E-state index is -0.130. The van der Waals surface area contributed by atoms with Crippen LogP contribution in [0.4, 0.5) is 5.13 Å². The molecule has 1 aliphatic rings. The third-order valence-corrected chi connectivity index (χ3v) is 4.23. The molecule has 2 rings (SSSR count). The average molecular weight is 320 g/mol. The molecule has 0 bridgehead atoms. The second-order valence-corrected chi connectivity index (χ2v) is 6.26. The van der Waals surface area contributed by atoms with Crippen LogP contribution in [0, 0.1) is 0 Å². The molecule has 0 aliphatic carbocycles. The number of aryl methyl sites for hydroxylation is 1. The molecule has 1 atom stereocenters. The Bertz CT molecular complexity index is 383. The molecule has 0 N–H and O–H groups in total. The number of alkyl halides is 1. The Kier molecular flexibility index (Phi) is 4.05. The monoisotopic (exact) mass is 319 g/mol. The standard InChI is InChI=1S/C11H18BrN3OS/c1-4-9-13-10(17-14-9)15-6-8(5-12)16-11(2,3)7-15/h8H,4-7H2,1-3H3. The summed E-state index contributed by atoms with van der Waals surface area (Å²) in [6.45, 7) is 8.07. The van der Waals surface area contributed by atoms with Crippen LogP contribution in [-0.4, -0.2) is 39.5 Å². The molecule has 1 aliphatic heterocycles. The van der Waals surface area contributed by atoms with Crippen molar-refractivity contribution >= 4 is 32.6 Å². The molecule has 0 amide bonds. The molecule has 2 heterocycles. The van der Waals surface area contributed by atoms with E-state index in [2.05, 4.69) is 51.0 Å². The number of hydrogen-bond acceptors (Lipinski definition) is 5. The number of morpholine rings is 1. The lowest BCUT2D eigenvalue weighted by molar-refractivity contribution is -0.0724. The molecular weight excluding hydrogens is 302 g/mol. The van der Waals surface area contributed by atoms with Crippen LogP contribution >= 0.6 is 27.5 Å². The fraction of sp³-hybridized carbons (Fsp3) is 0.818. The molecule has 96 valence electrons. The van der Waals surface area contributed by atoms with E-state index < -0.39 is 0 Å². The summed E-state index contributed by atoms with van der Waals surface area (Å²) in [6, 6.07) is 0.